The van der Waals surface area contributed by atoms with Gasteiger partial charge in [0.2, 0.25) is 6.79 Å². The van der Waals surface area contributed by atoms with E-state index in [2.05, 4.69) is 10.3 Å². The van der Waals surface area contributed by atoms with Crippen molar-refractivity contribution in [3.8, 4) is 23.0 Å². The highest BCUT2D eigenvalue weighted by atomic mass is 32.1. The van der Waals surface area contributed by atoms with Crippen molar-refractivity contribution in [2.24, 2.45) is 0 Å². The minimum Gasteiger partial charge on any atom is -0.497 e. The molecule has 3 aromatic rings. The molecule has 0 atom stereocenters. The summed E-state index contributed by atoms with van der Waals surface area (Å²) in [6.07, 6.45) is 2.25. The number of hydrogen-bond donors (Lipinski definition) is 1. The molecular weight excluding hydrogens is 380 g/mol. The van der Waals surface area contributed by atoms with Crippen LogP contribution in [0, 0.1) is 0 Å². The molecule has 4 rings (SSSR count). The number of rotatable bonds is 7. The van der Waals surface area contributed by atoms with Crippen LogP contribution in [0.4, 0.5) is 5.13 Å². The van der Waals surface area contributed by atoms with Crippen molar-refractivity contribution in [2.75, 3.05) is 25.8 Å². The first-order chi connectivity index (χ1) is 13.7. The molecule has 7 nitrogen and oxygen atoms in total. The van der Waals surface area contributed by atoms with Gasteiger partial charge in [0, 0.05) is 29.6 Å². The van der Waals surface area contributed by atoms with Crippen LogP contribution in [0.15, 0.2) is 48.0 Å². The van der Waals surface area contributed by atoms with Crippen LogP contribution in [0.25, 0.3) is 0 Å². The van der Waals surface area contributed by atoms with E-state index in [4.69, 9.17) is 18.9 Å². The molecule has 0 radical (unpaired) electrons. The lowest BCUT2D eigenvalue weighted by Gasteiger charge is -2.13. The Kier molecular flexibility index (Phi) is 5.29. The van der Waals surface area contributed by atoms with E-state index < -0.39 is 0 Å². The fraction of sp³-hybridized carbons (Fsp3) is 0.200. The molecule has 0 spiro atoms. The Labute approximate surface area is 165 Å². The third kappa shape index (κ3) is 4.17. The number of carbonyl (C=O) groups is 1. The van der Waals surface area contributed by atoms with Gasteiger partial charge in [0.1, 0.15) is 11.5 Å². The maximum atomic E-state index is 12.1. The smallest absolute Gasteiger partial charge is 0.264 e. The quantitative estimate of drug-likeness (QED) is 0.656. The van der Waals surface area contributed by atoms with Gasteiger partial charge in [-0.3, -0.25) is 10.1 Å². The van der Waals surface area contributed by atoms with Gasteiger partial charge in [0.25, 0.3) is 5.91 Å². The standard InChI is InChI=1S/C20H18N2O5S/c1-24-15-4-2-13(3-5-15)8-14-9-17-18(27-12-26-17)10-16(14)25-11-19(23)22-20-21-6-7-28-20/h2-7,9-10H,8,11-12H2,1H3,(H,21,22,23). The van der Waals surface area contributed by atoms with Gasteiger partial charge in [0.15, 0.2) is 23.2 Å². The van der Waals surface area contributed by atoms with Crippen LogP contribution in [0.5, 0.6) is 23.0 Å². The van der Waals surface area contributed by atoms with E-state index in [9.17, 15) is 4.79 Å². The number of methoxy groups -OCH3 is 1. The SMILES string of the molecule is COc1ccc(Cc2cc3c(cc2OCC(=O)Nc2nccs2)OCO3)cc1. The monoisotopic (exact) mass is 398 g/mol. The summed E-state index contributed by atoms with van der Waals surface area (Å²) in [5, 5.41) is 5.03. The van der Waals surface area contributed by atoms with Crippen LogP contribution in [-0.4, -0.2) is 31.4 Å². The minimum atomic E-state index is -0.275. The van der Waals surface area contributed by atoms with Crippen LogP contribution in [0.3, 0.4) is 0 Å². The van der Waals surface area contributed by atoms with Crippen molar-refractivity contribution >= 4 is 22.4 Å². The summed E-state index contributed by atoms with van der Waals surface area (Å²) in [6.45, 7) is 0.0418. The van der Waals surface area contributed by atoms with Crippen molar-refractivity contribution < 1.29 is 23.7 Å². The summed E-state index contributed by atoms with van der Waals surface area (Å²) < 4.78 is 21.9. The average Bonchev–Trinajstić information content (AvgIpc) is 3.38. The highest BCUT2D eigenvalue weighted by Crippen LogP contribution is 2.39. The second-order valence-electron chi connectivity index (χ2n) is 6.01. The number of amides is 1. The van der Waals surface area contributed by atoms with Crippen LogP contribution in [0.1, 0.15) is 11.1 Å². The van der Waals surface area contributed by atoms with Crippen LogP contribution >= 0.6 is 11.3 Å². The van der Waals surface area contributed by atoms with Gasteiger partial charge in [0.05, 0.1) is 7.11 Å². The summed E-state index contributed by atoms with van der Waals surface area (Å²) in [5.41, 5.74) is 1.98. The third-order valence-corrected chi connectivity index (χ3v) is 4.84. The van der Waals surface area contributed by atoms with Crippen molar-refractivity contribution in [1.82, 2.24) is 4.98 Å². The molecule has 1 aliphatic heterocycles. The zero-order valence-corrected chi connectivity index (χ0v) is 16.0. The van der Waals surface area contributed by atoms with Gasteiger partial charge in [-0.15, -0.1) is 11.3 Å². The molecule has 144 valence electrons. The summed E-state index contributed by atoms with van der Waals surface area (Å²) in [6, 6.07) is 11.4. The second kappa shape index (κ2) is 8.18. The van der Waals surface area contributed by atoms with E-state index in [0.717, 1.165) is 16.9 Å². The van der Waals surface area contributed by atoms with Crippen molar-refractivity contribution in [1.29, 1.82) is 0 Å². The molecule has 0 bridgehead atoms. The first-order valence-electron chi connectivity index (χ1n) is 8.59. The van der Waals surface area contributed by atoms with Crippen LogP contribution in [-0.2, 0) is 11.2 Å². The predicted octanol–water partition coefficient (Wildman–Crippen LogP) is 3.49. The predicted molar refractivity (Wildman–Crippen MR) is 105 cm³/mol. The second-order valence-corrected chi connectivity index (χ2v) is 6.91. The zero-order chi connectivity index (χ0) is 19.3. The molecule has 1 amide bonds. The first kappa shape index (κ1) is 18.1. The molecule has 0 unspecified atom stereocenters. The molecular formula is C20H18N2O5S. The lowest BCUT2D eigenvalue weighted by Crippen LogP contribution is -2.20. The fourth-order valence-electron chi connectivity index (χ4n) is 2.79. The Morgan fingerprint density at radius 2 is 2.00 bits per heavy atom. The van der Waals surface area contributed by atoms with Crippen molar-refractivity contribution in [3.63, 3.8) is 0 Å². The van der Waals surface area contributed by atoms with Crippen molar-refractivity contribution in [2.45, 2.75) is 6.42 Å². The Morgan fingerprint density at radius 3 is 2.71 bits per heavy atom. The number of benzene rings is 2. The van der Waals surface area contributed by atoms with Crippen LogP contribution in [0.2, 0.25) is 0 Å². The van der Waals surface area contributed by atoms with E-state index >= 15 is 0 Å². The third-order valence-electron chi connectivity index (χ3n) is 4.15. The number of hydrogen-bond acceptors (Lipinski definition) is 7. The van der Waals surface area contributed by atoms with E-state index in [1.54, 1.807) is 24.8 Å². The lowest BCUT2D eigenvalue weighted by atomic mass is 10.0. The fourth-order valence-corrected chi connectivity index (χ4v) is 3.33. The summed E-state index contributed by atoms with van der Waals surface area (Å²) in [7, 11) is 1.63. The highest BCUT2D eigenvalue weighted by Gasteiger charge is 2.19. The number of anilines is 1. The Morgan fingerprint density at radius 1 is 1.21 bits per heavy atom. The van der Waals surface area contributed by atoms with Gasteiger partial charge in [-0.2, -0.15) is 0 Å². The summed E-state index contributed by atoms with van der Waals surface area (Å²) in [5.74, 6) is 2.37. The van der Waals surface area contributed by atoms with Crippen LogP contribution < -0.4 is 24.3 Å². The highest BCUT2D eigenvalue weighted by molar-refractivity contribution is 7.13. The Hall–Kier alpha value is -3.26. The summed E-state index contributed by atoms with van der Waals surface area (Å²) in [4.78, 5) is 16.1. The number of thiazole rings is 1. The van der Waals surface area contributed by atoms with E-state index in [-0.39, 0.29) is 19.3 Å². The molecule has 2 aromatic carbocycles. The van der Waals surface area contributed by atoms with Crippen molar-refractivity contribution in [3.05, 3.63) is 59.1 Å². The van der Waals surface area contributed by atoms with Gasteiger partial charge < -0.3 is 18.9 Å². The maximum Gasteiger partial charge on any atom is 0.264 e. The first-order valence-corrected chi connectivity index (χ1v) is 9.47. The largest absolute Gasteiger partial charge is 0.497 e. The molecule has 0 aliphatic carbocycles. The van der Waals surface area contributed by atoms with Gasteiger partial charge >= 0.3 is 0 Å². The zero-order valence-electron chi connectivity index (χ0n) is 15.1. The lowest BCUT2D eigenvalue weighted by molar-refractivity contribution is -0.118. The number of aromatic nitrogens is 1. The topological polar surface area (TPSA) is 78.9 Å². The van der Waals surface area contributed by atoms with E-state index in [1.165, 1.54) is 11.3 Å². The number of fused-ring (bicyclic) bond motifs is 1. The number of nitrogens with one attached hydrogen (secondary N) is 1. The van der Waals surface area contributed by atoms with E-state index in [0.29, 0.717) is 28.8 Å². The Bertz CT molecular complexity index is 957. The molecule has 28 heavy (non-hydrogen) atoms. The van der Waals surface area contributed by atoms with Gasteiger partial charge in [-0.1, -0.05) is 12.1 Å². The normalized spacial score (nSPS) is 11.9. The average molecular weight is 398 g/mol. The molecule has 0 saturated heterocycles. The number of carbonyl (C=O) groups excluding carboxylic acids is 1. The van der Waals surface area contributed by atoms with Gasteiger partial charge in [-0.05, 0) is 23.8 Å². The minimum absolute atomic E-state index is 0.130. The van der Waals surface area contributed by atoms with E-state index in [1.807, 2.05) is 30.3 Å². The molecule has 8 heteroatoms. The molecule has 1 aromatic heterocycles. The Balaban J connectivity index is 1.50. The number of nitrogens with zero attached hydrogens (tertiary/aromatic N) is 1. The molecule has 1 aliphatic rings. The molecule has 0 saturated carbocycles. The molecule has 0 fully saturated rings. The number of ether oxygens (including phenoxy) is 4. The maximum absolute atomic E-state index is 12.1. The molecule has 2 heterocycles. The van der Waals surface area contributed by atoms with Gasteiger partial charge in [-0.25, -0.2) is 4.98 Å². The molecule has 1 N–H and O–H groups in total. The summed E-state index contributed by atoms with van der Waals surface area (Å²) >= 11 is 1.35.